The first-order chi connectivity index (χ1) is 13.0. The molecular weight excluding hydrogens is 364 g/mol. The minimum Gasteiger partial charge on any atom is -0.465 e. The Morgan fingerprint density at radius 3 is 2.93 bits per heavy atom. The summed E-state index contributed by atoms with van der Waals surface area (Å²) in [5.41, 5.74) is 5.03. The number of aromatic amines is 1. The quantitative estimate of drug-likeness (QED) is 0.678. The van der Waals surface area contributed by atoms with Crippen LogP contribution in [0.3, 0.4) is 0 Å². The molecule has 3 heterocycles. The average molecular weight is 384 g/mol. The Hall–Kier alpha value is -2.87. The summed E-state index contributed by atoms with van der Waals surface area (Å²) >= 11 is 1.30. The molecule has 4 rings (SSSR count). The van der Waals surface area contributed by atoms with Crippen molar-refractivity contribution in [1.29, 1.82) is 0 Å². The number of methoxy groups -OCH3 is 1. The molecule has 2 aromatic heterocycles. The lowest BCUT2D eigenvalue weighted by atomic mass is 10.0. The number of aromatic nitrogens is 2. The highest BCUT2D eigenvalue weighted by atomic mass is 32.1. The minimum absolute atomic E-state index is 0.0188. The number of anilines is 1. The van der Waals surface area contributed by atoms with Crippen molar-refractivity contribution in [3.63, 3.8) is 0 Å². The fourth-order valence-corrected chi connectivity index (χ4v) is 4.32. The third-order valence-corrected chi connectivity index (χ3v) is 5.94. The lowest BCUT2D eigenvalue weighted by Crippen LogP contribution is -2.36. The molecule has 3 aromatic rings. The number of hydrogen-bond donors (Lipinski definition) is 2. The molecule has 7 nitrogen and oxygen atoms in total. The van der Waals surface area contributed by atoms with Crippen molar-refractivity contribution in [3.05, 3.63) is 46.3 Å². The number of nitrogens with one attached hydrogen (secondary N) is 2. The molecule has 0 aliphatic carbocycles. The Kier molecular flexibility index (Phi) is 4.35. The standard InChI is InChI=1S/C19H20N4O3S/c1-10-16(17(20-2)27-22-10)18(24)23-7-6-15-13(9-23)12-8-11(19(25)26-3)4-5-14(12)21-15/h4-5,8,20-21H,6-7,9H2,1-3H3. The third-order valence-electron chi connectivity index (χ3n) is 4.99. The van der Waals surface area contributed by atoms with Gasteiger partial charge in [0.2, 0.25) is 0 Å². The molecule has 1 aromatic carbocycles. The fourth-order valence-electron chi connectivity index (χ4n) is 3.58. The first-order valence-electron chi connectivity index (χ1n) is 8.68. The van der Waals surface area contributed by atoms with Gasteiger partial charge in [-0.25, -0.2) is 4.79 Å². The number of benzene rings is 1. The zero-order chi connectivity index (χ0) is 19.1. The van der Waals surface area contributed by atoms with E-state index in [4.69, 9.17) is 4.74 Å². The number of amides is 1. The Balaban J connectivity index is 1.70. The van der Waals surface area contributed by atoms with Gasteiger partial charge >= 0.3 is 5.97 Å². The van der Waals surface area contributed by atoms with E-state index in [1.807, 2.05) is 24.0 Å². The van der Waals surface area contributed by atoms with Crippen molar-refractivity contribution < 1.29 is 14.3 Å². The lowest BCUT2D eigenvalue weighted by molar-refractivity contribution is 0.0600. The van der Waals surface area contributed by atoms with Gasteiger partial charge in [-0.3, -0.25) is 4.79 Å². The SMILES string of the molecule is CNc1snc(C)c1C(=O)N1CCc2[nH]c3ccc(C(=O)OC)cc3c2C1. The van der Waals surface area contributed by atoms with Crippen molar-refractivity contribution in [3.8, 4) is 0 Å². The van der Waals surface area contributed by atoms with E-state index < -0.39 is 0 Å². The number of rotatable bonds is 3. The number of ether oxygens (including phenoxy) is 1. The van der Waals surface area contributed by atoms with Crippen LogP contribution in [0.2, 0.25) is 0 Å². The molecule has 0 saturated carbocycles. The van der Waals surface area contributed by atoms with Crippen LogP contribution in [0.25, 0.3) is 10.9 Å². The molecule has 0 spiro atoms. The largest absolute Gasteiger partial charge is 0.465 e. The molecule has 1 amide bonds. The molecule has 0 saturated heterocycles. The van der Waals surface area contributed by atoms with Crippen molar-refractivity contribution >= 4 is 39.3 Å². The predicted molar refractivity (Wildman–Crippen MR) is 104 cm³/mol. The molecule has 140 valence electrons. The topological polar surface area (TPSA) is 87.3 Å². The number of carbonyl (C=O) groups is 2. The molecule has 2 N–H and O–H groups in total. The van der Waals surface area contributed by atoms with Crippen LogP contribution in [0.4, 0.5) is 5.00 Å². The Labute approximate surface area is 160 Å². The van der Waals surface area contributed by atoms with Crippen molar-refractivity contribution in [2.45, 2.75) is 19.9 Å². The van der Waals surface area contributed by atoms with E-state index in [0.717, 1.165) is 39.3 Å². The maximum absolute atomic E-state index is 13.1. The highest BCUT2D eigenvalue weighted by molar-refractivity contribution is 7.10. The normalized spacial score (nSPS) is 13.5. The summed E-state index contributed by atoms with van der Waals surface area (Å²) in [6.07, 6.45) is 0.745. The third kappa shape index (κ3) is 2.86. The monoisotopic (exact) mass is 384 g/mol. The molecule has 0 fully saturated rings. The second kappa shape index (κ2) is 6.70. The van der Waals surface area contributed by atoms with Gasteiger partial charge in [-0.1, -0.05) is 0 Å². The first-order valence-corrected chi connectivity index (χ1v) is 9.46. The van der Waals surface area contributed by atoms with Crippen LogP contribution in [0, 0.1) is 6.92 Å². The summed E-state index contributed by atoms with van der Waals surface area (Å²) < 4.78 is 9.13. The van der Waals surface area contributed by atoms with Gasteiger partial charge in [-0.2, -0.15) is 4.37 Å². The van der Waals surface area contributed by atoms with Crippen molar-refractivity contribution in [2.24, 2.45) is 0 Å². The number of aryl methyl sites for hydroxylation is 1. The number of carbonyl (C=O) groups excluding carboxylic acids is 2. The average Bonchev–Trinajstić information content (AvgIpc) is 3.25. The van der Waals surface area contributed by atoms with Gasteiger partial charge < -0.3 is 19.9 Å². The number of esters is 1. The van der Waals surface area contributed by atoms with Crippen LogP contribution in [0.15, 0.2) is 18.2 Å². The van der Waals surface area contributed by atoms with E-state index in [-0.39, 0.29) is 11.9 Å². The molecule has 0 bridgehead atoms. The van der Waals surface area contributed by atoms with E-state index in [1.165, 1.54) is 18.6 Å². The van der Waals surface area contributed by atoms with E-state index in [2.05, 4.69) is 14.7 Å². The molecule has 0 atom stereocenters. The van der Waals surface area contributed by atoms with E-state index in [1.54, 1.807) is 13.1 Å². The summed E-state index contributed by atoms with van der Waals surface area (Å²) in [7, 11) is 3.17. The zero-order valence-electron chi connectivity index (χ0n) is 15.4. The predicted octanol–water partition coefficient (Wildman–Crippen LogP) is 2.96. The Bertz CT molecular complexity index is 1050. The van der Waals surface area contributed by atoms with Gasteiger partial charge in [-0.15, -0.1) is 0 Å². The van der Waals surface area contributed by atoms with E-state index in [9.17, 15) is 9.59 Å². The second-order valence-electron chi connectivity index (χ2n) is 6.53. The summed E-state index contributed by atoms with van der Waals surface area (Å²) in [5, 5.41) is 4.80. The summed E-state index contributed by atoms with van der Waals surface area (Å²) in [6, 6.07) is 5.47. The van der Waals surface area contributed by atoms with Gasteiger partial charge in [0.05, 0.1) is 23.9 Å². The molecule has 0 radical (unpaired) electrons. The van der Waals surface area contributed by atoms with E-state index in [0.29, 0.717) is 24.2 Å². The van der Waals surface area contributed by atoms with Crippen LogP contribution >= 0.6 is 11.5 Å². The van der Waals surface area contributed by atoms with Crippen LogP contribution in [0.1, 0.15) is 37.7 Å². The number of fused-ring (bicyclic) bond motifs is 3. The smallest absolute Gasteiger partial charge is 0.337 e. The van der Waals surface area contributed by atoms with Crippen LogP contribution < -0.4 is 5.32 Å². The van der Waals surface area contributed by atoms with Gasteiger partial charge in [-0.05, 0) is 36.7 Å². The van der Waals surface area contributed by atoms with Gasteiger partial charge in [0.1, 0.15) is 5.00 Å². The van der Waals surface area contributed by atoms with Gasteiger partial charge in [0.25, 0.3) is 5.91 Å². The molecule has 1 aliphatic rings. The minimum atomic E-state index is -0.366. The van der Waals surface area contributed by atoms with Crippen molar-refractivity contribution in [2.75, 3.05) is 26.0 Å². The molecule has 1 aliphatic heterocycles. The molecule has 27 heavy (non-hydrogen) atoms. The summed E-state index contributed by atoms with van der Waals surface area (Å²) in [6.45, 7) is 2.99. The molecule has 8 heteroatoms. The van der Waals surface area contributed by atoms with Crippen LogP contribution in [-0.2, 0) is 17.7 Å². The van der Waals surface area contributed by atoms with Crippen molar-refractivity contribution in [1.82, 2.24) is 14.3 Å². The number of H-pyrrole nitrogens is 1. The fraction of sp³-hybridized carbons (Fsp3) is 0.316. The second-order valence-corrected chi connectivity index (χ2v) is 7.31. The van der Waals surface area contributed by atoms with Gasteiger partial charge in [0.15, 0.2) is 0 Å². The highest BCUT2D eigenvalue weighted by Crippen LogP contribution is 2.31. The van der Waals surface area contributed by atoms with Crippen LogP contribution in [-0.4, -0.2) is 46.8 Å². The number of hydrogen-bond acceptors (Lipinski definition) is 6. The summed E-state index contributed by atoms with van der Waals surface area (Å²) in [4.78, 5) is 30.3. The molecule has 0 unspecified atom stereocenters. The zero-order valence-corrected chi connectivity index (χ0v) is 16.2. The summed E-state index contributed by atoms with van der Waals surface area (Å²) in [5.74, 6) is -0.385. The lowest BCUT2D eigenvalue weighted by Gasteiger charge is -2.27. The number of nitrogens with zero attached hydrogens (tertiary/aromatic N) is 2. The van der Waals surface area contributed by atoms with E-state index >= 15 is 0 Å². The first kappa shape index (κ1) is 17.5. The van der Waals surface area contributed by atoms with Crippen LogP contribution in [0.5, 0.6) is 0 Å². The maximum atomic E-state index is 13.1. The Morgan fingerprint density at radius 1 is 1.37 bits per heavy atom. The van der Waals surface area contributed by atoms with Gasteiger partial charge in [0, 0.05) is 48.7 Å². The molecular formula is C19H20N4O3S. The highest BCUT2D eigenvalue weighted by Gasteiger charge is 2.28. The Morgan fingerprint density at radius 2 is 2.19 bits per heavy atom. The maximum Gasteiger partial charge on any atom is 0.337 e.